The third kappa shape index (κ3) is 3.74. The van der Waals surface area contributed by atoms with Crippen molar-refractivity contribution in [1.82, 2.24) is 15.2 Å². The average Bonchev–Trinajstić information content (AvgIpc) is 3.06. The van der Waals surface area contributed by atoms with Gasteiger partial charge in [-0.1, -0.05) is 0 Å². The first-order chi connectivity index (χ1) is 12.3. The number of hydrogen-bond donors (Lipinski definition) is 0. The lowest BCUT2D eigenvalue weighted by Crippen LogP contribution is -2.01. The molecule has 0 saturated carbocycles. The Hall–Kier alpha value is -2.76. The van der Waals surface area contributed by atoms with Crippen LogP contribution in [-0.2, 0) is 0 Å². The SMILES string of the molecule is Fc1nc(F)c(F)c(Sc2nnc(-c3ccc(OC(F)F)cc3)o2)c1F. The van der Waals surface area contributed by atoms with Gasteiger partial charge < -0.3 is 9.15 Å². The number of rotatable bonds is 5. The molecule has 5 nitrogen and oxygen atoms in total. The topological polar surface area (TPSA) is 61.0 Å². The summed E-state index contributed by atoms with van der Waals surface area (Å²) in [5.74, 6) is -7.28. The van der Waals surface area contributed by atoms with Gasteiger partial charge in [0.05, 0.1) is 4.90 Å². The summed E-state index contributed by atoms with van der Waals surface area (Å²) < 4.78 is 86.8. The minimum atomic E-state index is -2.99. The van der Waals surface area contributed by atoms with Gasteiger partial charge in [-0.3, -0.25) is 0 Å². The van der Waals surface area contributed by atoms with Crippen LogP contribution in [0, 0.1) is 23.5 Å². The number of ether oxygens (including phenoxy) is 1. The van der Waals surface area contributed by atoms with E-state index >= 15 is 0 Å². The van der Waals surface area contributed by atoms with Crippen molar-refractivity contribution in [3.8, 4) is 17.2 Å². The zero-order chi connectivity index (χ0) is 18.8. The average molecular weight is 393 g/mol. The lowest BCUT2D eigenvalue weighted by molar-refractivity contribution is -0.0498. The summed E-state index contributed by atoms with van der Waals surface area (Å²) in [4.78, 5) is 1.39. The molecule has 0 bridgehead atoms. The largest absolute Gasteiger partial charge is 0.435 e. The number of hydrogen-bond acceptors (Lipinski definition) is 6. The van der Waals surface area contributed by atoms with E-state index in [0.717, 1.165) is 0 Å². The highest BCUT2D eigenvalue weighted by atomic mass is 32.2. The van der Waals surface area contributed by atoms with Crippen LogP contribution in [-0.4, -0.2) is 21.8 Å². The van der Waals surface area contributed by atoms with Crippen molar-refractivity contribution >= 4 is 11.8 Å². The first kappa shape index (κ1) is 18.0. The van der Waals surface area contributed by atoms with Crippen molar-refractivity contribution in [2.45, 2.75) is 16.7 Å². The molecule has 0 radical (unpaired) electrons. The van der Waals surface area contributed by atoms with Gasteiger partial charge in [0.1, 0.15) is 5.75 Å². The standard InChI is InChI=1S/C14H5F6N3O2S/c15-7-9(8(16)11(18)21-10(7)17)26-14-23-22-12(25-14)5-1-3-6(4-2-5)24-13(19)20/h1-4,13H. The van der Waals surface area contributed by atoms with Crippen LogP contribution in [0.2, 0.25) is 0 Å². The Kier molecular flexibility index (Phi) is 5.02. The number of aromatic nitrogens is 3. The molecule has 3 rings (SSSR count). The van der Waals surface area contributed by atoms with Crippen LogP contribution in [0.25, 0.3) is 11.5 Å². The van der Waals surface area contributed by atoms with Gasteiger partial charge in [0, 0.05) is 5.56 Å². The van der Waals surface area contributed by atoms with Crippen molar-refractivity contribution in [2.24, 2.45) is 0 Å². The number of benzene rings is 1. The molecular weight excluding hydrogens is 388 g/mol. The Labute approximate surface area is 145 Å². The predicted molar refractivity (Wildman–Crippen MR) is 74.6 cm³/mol. The Morgan fingerprint density at radius 1 is 0.923 bits per heavy atom. The summed E-state index contributed by atoms with van der Waals surface area (Å²) in [5.41, 5.74) is 0.291. The van der Waals surface area contributed by atoms with Crippen molar-refractivity contribution in [1.29, 1.82) is 0 Å². The number of nitrogens with zero attached hydrogens (tertiary/aromatic N) is 3. The molecule has 0 fully saturated rings. The van der Waals surface area contributed by atoms with Gasteiger partial charge in [0.15, 0.2) is 11.6 Å². The van der Waals surface area contributed by atoms with Crippen LogP contribution in [0.5, 0.6) is 5.75 Å². The van der Waals surface area contributed by atoms with E-state index in [9.17, 15) is 26.3 Å². The van der Waals surface area contributed by atoms with Crippen molar-refractivity contribution in [3.05, 3.63) is 47.8 Å². The van der Waals surface area contributed by atoms with Crippen LogP contribution in [0.4, 0.5) is 26.3 Å². The lowest BCUT2D eigenvalue weighted by Gasteiger charge is -2.04. The van der Waals surface area contributed by atoms with E-state index in [1.54, 1.807) is 0 Å². The molecule has 1 aromatic carbocycles. The van der Waals surface area contributed by atoms with Gasteiger partial charge >= 0.3 is 6.61 Å². The molecular formula is C14H5F6N3O2S. The highest BCUT2D eigenvalue weighted by Crippen LogP contribution is 2.34. The molecule has 0 N–H and O–H groups in total. The predicted octanol–water partition coefficient (Wildman–Crippen LogP) is 4.44. The van der Waals surface area contributed by atoms with E-state index in [2.05, 4.69) is 19.9 Å². The molecule has 12 heteroatoms. The molecule has 0 aliphatic heterocycles. The molecule has 3 aromatic rings. The molecule has 0 unspecified atom stereocenters. The second-order valence-electron chi connectivity index (χ2n) is 4.53. The maximum Gasteiger partial charge on any atom is 0.387 e. The molecule has 2 heterocycles. The fourth-order valence-electron chi connectivity index (χ4n) is 1.79. The number of pyridine rings is 1. The van der Waals surface area contributed by atoms with Gasteiger partial charge in [-0.25, -0.2) is 8.78 Å². The number of halogens is 6. The summed E-state index contributed by atoms with van der Waals surface area (Å²) in [6.07, 6.45) is 0. The molecule has 0 spiro atoms. The zero-order valence-corrected chi connectivity index (χ0v) is 13.0. The highest BCUT2D eigenvalue weighted by molar-refractivity contribution is 7.99. The minimum absolute atomic E-state index is 0.107. The molecule has 0 saturated heterocycles. The first-order valence-electron chi connectivity index (χ1n) is 6.61. The second-order valence-corrected chi connectivity index (χ2v) is 5.49. The maximum absolute atomic E-state index is 13.6. The van der Waals surface area contributed by atoms with Gasteiger partial charge in [-0.05, 0) is 36.0 Å². The van der Waals surface area contributed by atoms with E-state index in [1.165, 1.54) is 24.3 Å². The normalized spacial score (nSPS) is 11.2. The first-order valence-corrected chi connectivity index (χ1v) is 7.43. The summed E-state index contributed by atoms with van der Waals surface area (Å²) >= 11 is 0.162. The van der Waals surface area contributed by atoms with Crippen LogP contribution < -0.4 is 4.74 Å². The van der Waals surface area contributed by atoms with E-state index < -0.39 is 40.3 Å². The summed E-state index contributed by atoms with van der Waals surface area (Å²) in [6.45, 7) is -2.99. The highest BCUT2D eigenvalue weighted by Gasteiger charge is 2.24. The lowest BCUT2D eigenvalue weighted by atomic mass is 10.2. The van der Waals surface area contributed by atoms with Crippen molar-refractivity contribution in [2.75, 3.05) is 0 Å². The molecule has 0 aliphatic carbocycles. The Morgan fingerprint density at radius 3 is 2.12 bits per heavy atom. The summed E-state index contributed by atoms with van der Waals surface area (Å²) in [6, 6.07) is 5.08. The minimum Gasteiger partial charge on any atom is -0.435 e. The fourth-order valence-corrected chi connectivity index (χ4v) is 2.52. The monoisotopic (exact) mass is 393 g/mol. The summed E-state index contributed by atoms with van der Waals surface area (Å²) in [7, 11) is 0. The fraction of sp³-hybridized carbons (Fsp3) is 0.0714. The molecule has 0 amide bonds. The Morgan fingerprint density at radius 2 is 1.54 bits per heavy atom. The third-order valence-electron chi connectivity index (χ3n) is 2.88. The van der Waals surface area contributed by atoms with Gasteiger partial charge in [-0.2, -0.15) is 22.5 Å². The number of alkyl halides is 2. The molecule has 0 aliphatic rings. The maximum atomic E-state index is 13.6. The molecule has 2 aromatic heterocycles. The van der Waals surface area contributed by atoms with Crippen LogP contribution in [0.1, 0.15) is 0 Å². The molecule has 0 atom stereocenters. The Balaban J connectivity index is 1.83. The van der Waals surface area contributed by atoms with Crippen LogP contribution >= 0.6 is 11.8 Å². The van der Waals surface area contributed by atoms with E-state index in [4.69, 9.17) is 4.42 Å². The van der Waals surface area contributed by atoms with E-state index in [-0.39, 0.29) is 23.4 Å². The van der Waals surface area contributed by atoms with Crippen molar-refractivity contribution < 1.29 is 35.5 Å². The van der Waals surface area contributed by atoms with Gasteiger partial charge in [0.2, 0.25) is 5.89 Å². The molecule has 136 valence electrons. The van der Waals surface area contributed by atoms with Gasteiger partial charge in [0.25, 0.3) is 17.1 Å². The molecule has 26 heavy (non-hydrogen) atoms. The zero-order valence-electron chi connectivity index (χ0n) is 12.2. The Bertz CT molecular complexity index is 909. The summed E-state index contributed by atoms with van der Waals surface area (Å²) in [5, 5.41) is 6.69. The van der Waals surface area contributed by atoms with Crippen molar-refractivity contribution in [3.63, 3.8) is 0 Å². The third-order valence-corrected chi connectivity index (χ3v) is 3.78. The van der Waals surface area contributed by atoms with Gasteiger partial charge in [-0.15, -0.1) is 10.2 Å². The smallest absolute Gasteiger partial charge is 0.387 e. The second kappa shape index (κ2) is 7.23. The van der Waals surface area contributed by atoms with Crippen LogP contribution in [0.15, 0.2) is 38.8 Å². The van der Waals surface area contributed by atoms with Crippen LogP contribution in [0.3, 0.4) is 0 Å². The quantitative estimate of drug-likeness (QED) is 0.472. The van der Waals surface area contributed by atoms with E-state index in [0.29, 0.717) is 5.56 Å². The van der Waals surface area contributed by atoms with E-state index in [1.807, 2.05) is 0 Å².